The number of nitrogens with zero attached hydrogens (tertiary/aromatic N) is 1. The standard InChI is InChI=1S/C11H16N2O2S/c1-7-13-8(6-16-7)3-11(14)10-4-9(15-2)5-12-10/h6,9-10,12H,3-5H2,1-2H3. The summed E-state index contributed by atoms with van der Waals surface area (Å²) in [5.74, 6) is 0.213. The molecule has 1 aromatic rings. The summed E-state index contributed by atoms with van der Waals surface area (Å²) in [5.41, 5.74) is 0.884. The first-order chi connectivity index (χ1) is 7.69. The monoisotopic (exact) mass is 240 g/mol. The van der Waals surface area contributed by atoms with E-state index in [4.69, 9.17) is 4.74 Å². The molecule has 1 fully saturated rings. The smallest absolute Gasteiger partial charge is 0.155 e. The molecular weight excluding hydrogens is 224 g/mol. The second-order valence-electron chi connectivity index (χ2n) is 4.06. The lowest BCUT2D eigenvalue weighted by atomic mass is 10.1. The van der Waals surface area contributed by atoms with Gasteiger partial charge in [-0.3, -0.25) is 4.79 Å². The lowest BCUT2D eigenvalue weighted by Gasteiger charge is -2.07. The zero-order valence-corrected chi connectivity index (χ0v) is 10.3. The minimum atomic E-state index is -0.0630. The predicted octanol–water partition coefficient (Wildman–Crippen LogP) is 0.940. The third kappa shape index (κ3) is 2.66. The van der Waals surface area contributed by atoms with Crippen molar-refractivity contribution in [2.24, 2.45) is 0 Å². The molecule has 2 unspecified atom stereocenters. The number of ether oxygens (including phenoxy) is 1. The van der Waals surface area contributed by atoms with Crippen LogP contribution in [0.2, 0.25) is 0 Å². The Morgan fingerprint density at radius 3 is 3.12 bits per heavy atom. The third-order valence-electron chi connectivity index (χ3n) is 2.83. The number of thiazole rings is 1. The van der Waals surface area contributed by atoms with Crippen molar-refractivity contribution in [2.45, 2.75) is 31.9 Å². The van der Waals surface area contributed by atoms with Crippen molar-refractivity contribution in [2.75, 3.05) is 13.7 Å². The molecular formula is C11H16N2O2S. The van der Waals surface area contributed by atoms with Gasteiger partial charge in [-0.1, -0.05) is 0 Å². The molecule has 1 aromatic heterocycles. The summed E-state index contributed by atoms with van der Waals surface area (Å²) in [6, 6.07) is -0.0630. The molecule has 0 spiro atoms. The first-order valence-electron chi connectivity index (χ1n) is 5.39. The van der Waals surface area contributed by atoms with Crippen molar-refractivity contribution in [3.8, 4) is 0 Å². The Morgan fingerprint density at radius 2 is 2.56 bits per heavy atom. The fraction of sp³-hybridized carbons (Fsp3) is 0.636. The van der Waals surface area contributed by atoms with Gasteiger partial charge in [-0.2, -0.15) is 0 Å². The highest BCUT2D eigenvalue weighted by atomic mass is 32.1. The molecule has 5 heteroatoms. The van der Waals surface area contributed by atoms with E-state index in [1.807, 2.05) is 12.3 Å². The Kier molecular flexibility index (Phi) is 3.68. The van der Waals surface area contributed by atoms with Crippen LogP contribution in [0.1, 0.15) is 17.1 Å². The van der Waals surface area contributed by atoms with Crippen molar-refractivity contribution >= 4 is 17.1 Å². The molecule has 88 valence electrons. The molecule has 1 aliphatic heterocycles. The van der Waals surface area contributed by atoms with Gasteiger partial charge in [0.15, 0.2) is 5.78 Å². The van der Waals surface area contributed by atoms with E-state index >= 15 is 0 Å². The highest BCUT2D eigenvalue weighted by Gasteiger charge is 2.29. The Labute approximate surface area is 99.0 Å². The van der Waals surface area contributed by atoms with E-state index in [9.17, 15) is 4.79 Å². The maximum absolute atomic E-state index is 11.9. The van der Waals surface area contributed by atoms with Crippen LogP contribution >= 0.6 is 11.3 Å². The summed E-state index contributed by atoms with van der Waals surface area (Å²) in [4.78, 5) is 16.2. The molecule has 0 radical (unpaired) electrons. The third-order valence-corrected chi connectivity index (χ3v) is 3.66. The number of aromatic nitrogens is 1. The quantitative estimate of drug-likeness (QED) is 0.851. The zero-order chi connectivity index (χ0) is 11.5. The van der Waals surface area contributed by atoms with Crippen LogP contribution in [0.3, 0.4) is 0 Å². The van der Waals surface area contributed by atoms with Gasteiger partial charge in [0.1, 0.15) is 0 Å². The van der Waals surface area contributed by atoms with Gasteiger partial charge in [-0.05, 0) is 13.3 Å². The Bertz CT molecular complexity index is 378. The minimum Gasteiger partial charge on any atom is -0.380 e. The number of hydrogen-bond donors (Lipinski definition) is 1. The topological polar surface area (TPSA) is 51.2 Å². The SMILES string of the molecule is COC1CNC(C(=O)Cc2csc(C)n2)C1. The maximum atomic E-state index is 11.9. The van der Waals surface area contributed by atoms with Gasteiger partial charge in [-0.25, -0.2) is 4.98 Å². The number of rotatable bonds is 4. The average Bonchev–Trinajstić information content (AvgIpc) is 2.87. The molecule has 1 saturated heterocycles. The Hall–Kier alpha value is -0.780. The van der Waals surface area contributed by atoms with Crippen LogP contribution in [-0.2, 0) is 16.0 Å². The molecule has 0 amide bonds. The maximum Gasteiger partial charge on any atom is 0.155 e. The molecule has 0 saturated carbocycles. The van der Waals surface area contributed by atoms with E-state index in [2.05, 4.69) is 10.3 Å². The van der Waals surface area contributed by atoms with Gasteiger partial charge < -0.3 is 10.1 Å². The summed E-state index contributed by atoms with van der Waals surface area (Å²) < 4.78 is 5.22. The summed E-state index contributed by atoms with van der Waals surface area (Å²) in [7, 11) is 1.68. The van der Waals surface area contributed by atoms with Gasteiger partial charge in [0.25, 0.3) is 0 Å². The number of methoxy groups -OCH3 is 1. The predicted molar refractivity (Wildman–Crippen MR) is 62.8 cm³/mol. The molecule has 0 aliphatic carbocycles. The van der Waals surface area contributed by atoms with E-state index in [0.717, 1.165) is 23.7 Å². The average molecular weight is 240 g/mol. The number of hydrogen-bond acceptors (Lipinski definition) is 5. The van der Waals surface area contributed by atoms with Gasteiger partial charge in [-0.15, -0.1) is 11.3 Å². The Morgan fingerprint density at radius 1 is 1.75 bits per heavy atom. The van der Waals surface area contributed by atoms with Gasteiger partial charge in [0.2, 0.25) is 0 Å². The highest BCUT2D eigenvalue weighted by Crippen LogP contribution is 2.14. The molecule has 0 aromatic carbocycles. The van der Waals surface area contributed by atoms with Crippen LogP contribution in [0.25, 0.3) is 0 Å². The number of nitrogens with one attached hydrogen (secondary N) is 1. The summed E-state index contributed by atoms with van der Waals surface area (Å²) in [5, 5.41) is 6.15. The second kappa shape index (κ2) is 5.03. The molecule has 16 heavy (non-hydrogen) atoms. The molecule has 0 bridgehead atoms. The van der Waals surface area contributed by atoms with Crippen LogP contribution < -0.4 is 5.32 Å². The van der Waals surface area contributed by atoms with Gasteiger partial charge in [0.05, 0.1) is 29.3 Å². The number of aryl methyl sites for hydroxylation is 1. The van der Waals surface area contributed by atoms with Crippen LogP contribution in [0.5, 0.6) is 0 Å². The summed E-state index contributed by atoms with van der Waals surface area (Å²) >= 11 is 1.59. The van der Waals surface area contributed by atoms with E-state index < -0.39 is 0 Å². The normalized spacial score (nSPS) is 24.9. The zero-order valence-electron chi connectivity index (χ0n) is 9.53. The molecule has 2 heterocycles. The molecule has 2 atom stereocenters. The minimum absolute atomic E-state index is 0.0630. The van der Waals surface area contributed by atoms with E-state index in [-0.39, 0.29) is 17.9 Å². The summed E-state index contributed by atoms with van der Waals surface area (Å²) in [6.07, 6.45) is 1.38. The van der Waals surface area contributed by atoms with Gasteiger partial charge in [0, 0.05) is 19.0 Å². The van der Waals surface area contributed by atoms with Crippen molar-refractivity contribution in [1.29, 1.82) is 0 Å². The van der Waals surface area contributed by atoms with Gasteiger partial charge >= 0.3 is 0 Å². The van der Waals surface area contributed by atoms with Crippen LogP contribution in [-0.4, -0.2) is 36.6 Å². The van der Waals surface area contributed by atoms with Crippen LogP contribution in [0.4, 0.5) is 0 Å². The van der Waals surface area contributed by atoms with Crippen molar-refractivity contribution in [1.82, 2.24) is 10.3 Å². The lowest BCUT2D eigenvalue weighted by Crippen LogP contribution is -2.31. The van der Waals surface area contributed by atoms with Crippen molar-refractivity contribution in [3.05, 3.63) is 16.1 Å². The molecule has 4 nitrogen and oxygen atoms in total. The molecule has 2 rings (SSSR count). The number of carbonyl (C=O) groups is 1. The first-order valence-corrected chi connectivity index (χ1v) is 6.27. The number of Topliss-reactive ketones (excluding diaryl/α,β-unsaturated/α-hetero) is 1. The first kappa shape index (κ1) is 11.7. The Balaban J connectivity index is 1.89. The fourth-order valence-corrected chi connectivity index (χ4v) is 2.53. The van der Waals surface area contributed by atoms with Crippen molar-refractivity contribution < 1.29 is 9.53 Å². The summed E-state index contributed by atoms with van der Waals surface area (Å²) in [6.45, 7) is 2.72. The largest absolute Gasteiger partial charge is 0.380 e. The highest BCUT2D eigenvalue weighted by molar-refractivity contribution is 7.09. The van der Waals surface area contributed by atoms with E-state index in [0.29, 0.717) is 6.42 Å². The molecule has 1 N–H and O–H groups in total. The number of carbonyl (C=O) groups excluding carboxylic acids is 1. The van der Waals surface area contributed by atoms with E-state index in [1.165, 1.54) is 0 Å². The second-order valence-corrected chi connectivity index (χ2v) is 5.12. The lowest BCUT2D eigenvalue weighted by molar-refractivity contribution is -0.120. The van der Waals surface area contributed by atoms with E-state index in [1.54, 1.807) is 18.4 Å². The van der Waals surface area contributed by atoms with Crippen LogP contribution in [0.15, 0.2) is 5.38 Å². The fourth-order valence-electron chi connectivity index (χ4n) is 1.92. The molecule has 1 aliphatic rings. The number of ketones is 1. The van der Waals surface area contributed by atoms with Crippen molar-refractivity contribution in [3.63, 3.8) is 0 Å². The van der Waals surface area contributed by atoms with Crippen LogP contribution in [0, 0.1) is 6.92 Å².